The minimum absolute atomic E-state index is 0.0488. The number of carbonyl (C=O) groups is 2. The van der Waals surface area contributed by atoms with Crippen molar-refractivity contribution in [2.75, 3.05) is 39.0 Å². The van der Waals surface area contributed by atoms with E-state index in [2.05, 4.69) is 17.2 Å². The fraction of sp³-hybridized carbons (Fsp3) is 0.545. The van der Waals surface area contributed by atoms with Gasteiger partial charge in [0, 0.05) is 34.4 Å². The van der Waals surface area contributed by atoms with Crippen LogP contribution in [0.1, 0.15) is 28.0 Å². The first-order chi connectivity index (χ1) is 17.1. The third-order valence-electron chi connectivity index (χ3n) is 5.88. The van der Waals surface area contributed by atoms with Crippen molar-refractivity contribution in [2.45, 2.75) is 34.1 Å². The van der Waals surface area contributed by atoms with Crippen molar-refractivity contribution in [1.82, 2.24) is 10.6 Å². The molecule has 198 valence electrons. The number of fused-ring (bicyclic) bond motifs is 1. The summed E-state index contributed by atoms with van der Waals surface area (Å²) in [5.41, 5.74) is 2.30. The predicted molar refractivity (Wildman–Crippen MR) is 134 cm³/mol. The van der Waals surface area contributed by atoms with Gasteiger partial charge in [0.1, 0.15) is 25.0 Å². The molecule has 4 atom stereocenters. The van der Waals surface area contributed by atoms with Gasteiger partial charge in [-0.05, 0) is 6.92 Å². The normalized spacial score (nSPS) is 25.0. The van der Waals surface area contributed by atoms with Crippen LogP contribution in [0.15, 0.2) is 12.7 Å². The molecule has 0 saturated heterocycles. The lowest BCUT2D eigenvalue weighted by atomic mass is 9.82. The van der Waals surface area contributed by atoms with Crippen LogP contribution in [-0.4, -0.2) is 72.0 Å². The number of ether oxygens (including phenoxy) is 5. The second-order valence-corrected chi connectivity index (χ2v) is 11.9. The molecule has 3 aliphatic rings. The Morgan fingerprint density at radius 2 is 2.06 bits per heavy atom. The number of aliphatic hydroxyl groups is 1. The zero-order valence-electron chi connectivity index (χ0n) is 19.2. The van der Waals surface area contributed by atoms with Gasteiger partial charge in [-0.3, -0.25) is 5.32 Å². The maximum atomic E-state index is 12.9. The van der Waals surface area contributed by atoms with Crippen molar-refractivity contribution >= 4 is 58.6 Å². The molecule has 0 aliphatic carbocycles. The number of esters is 1. The van der Waals surface area contributed by atoms with Gasteiger partial charge < -0.3 is 34.1 Å². The number of alkyl carbamates (subject to hydrolysis) is 1. The van der Waals surface area contributed by atoms with Gasteiger partial charge in [0.25, 0.3) is 0 Å². The van der Waals surface area contributed by atoms with Crippen molar-refractivity contribution in [3.63, 3.8) is 0 Å². The number of alkyl halides is 3. The summed E-state index contributed by atoms with van der Waals surface area (Å²) in [4.78, 5) is 25.1. The maximum absolute atomic E-state index is 12.9. The number of aliphatic hydroxyl groups excluding tert-OH is 1. The summed E-state index contributed by atoms with van der Waals surface area (Å²) in [7, 11) is 0. The van der Waals surface area contributed by atoms with Gasteiger partial charge in [0.15, 0.2) is 11.5 Å². The highest BCUT2D eigenvalue weighted by molar-refractivity contribution is 7.99. The Hall–Kier alpha value is -1.76. The minimum Gasteiger partial charge on any atom is -0.489 e. The molecule has 3 aliphatic heterocycles. The Bertz CT molecular complexity index is 1040. The molecule has 4 unspecified atom stereocenters. The Morgan fingerprint density at radius 1 is 1.31 bits per heavy atom. The van der Waals surface area contributed by atoms with Gasteiger partial charge in [0.2, 0.25) is 10.6 Å². The maximum Gasteiger partial charge on any atom is 0.408 e. The first-order valence-electron chi connectivity index (χ1n) is 11.0. The smallest absolute Gasteiger partial charge is 0.408 e. The highest BCUT2D eigenvalue weighted by Gasteiger charge is 2.44. The highest BCUT2D eigenvalue weighted by Crippen LogP contribution is 2.55. The standard InChI is InChI=1S/C22H25Cl3N2O8S/c1-3-4-31-16-10(2)17-18(35-9-34-17)15-14(16)11-6-32-20(29)13(7-36-19(15)26-12(11)5-28)27-21(30)33-8-22(23,24)25/h3,11-13,19,26,28H,1,4-9H2,2H3,(H,27,30). The number of benzene rings is 1. The molecule has 0 spiro atoms. The van der Waals surface area contributed by atoms with E-state index in [-0.39, 0.29) is 32.4 Å². The third kappa shape index (κ3) is 5.71. The monoisotopic (exact) mass is 582 g/mol. The molecule has 3 N–H and O–H groups in total. The fourth-order valence-electron chi connectivity index (χ4n) is 4.33. The Morgan fingerprint density at radius 3 is 2.75 bits per heavy atom. The molecule has 1 aromatic carbocycles. The SMILES string of the molecule is C=CCOc1c(C)c2c(c3c1C1COC(=O)C(NC(=O)OCC(Cl)(Cl)Cl)CSC3NC1CO)OCO2. The summed E-state index contributed by atoms with van der Waals surface area (Å²) < 4.78 is 26.4. The molecule has 3 heterocycles. The van der Waals surface area contributed by atoms with Gasteiger partial charge in [-0.25, -0.2) is 9.59 Å². The van der Waals surface area contributed by atoms with Crippen LogP contribution >= 0.6 is 46.6 Å². The van der Waals surface area contributed by atoms with Crippen LogP contribution in [0.4, 0.5) is 4.79 Å². The van der Waals surface area contributed by atoms with E-state index in [4.69, 9.17) is 58.5 Å². The van der Waals surface area contributed by atoms with Crippen LogP contribution in [0.25, 0.3) is 0 Å². The molecule has 14 heteroatoms. The van der Waals surface area contributed by atoms with E-state index in [0.29, 0.717) is 17.2 Å². The number of rotatable bonds is 6. The Balaban J connectivity index is 1.69. The average Bonchev–Trinajstić information content (AvgIpc) is 3.33. The lowest BCUT2D eigenvalue weighted by molar-refractivity contribution is -0.146. The number of hydrogen-bond acceptors (Lipinski definition) is 10. The molecule has 2 bridgehead atoms. The highest BCUT2D eigenvalue weighted by atomic mass is 35.6. The summed E-state index contributed by atoms with van der Waals surface area (Å²) in [6, 6.07) is -1.48. The lowest BCUT2D eigenvalue weighted by Crippen LogP contribution is -2.50. The summed E-state index contributed by atoms with van der Waals surface area (Å²) in [6.07, 6.45) is 0.699. The predicted octanol–water partition coefficient (Wildman–Crippen LogP) is 3.09. The number of hydrogen-bond donors (Lipinski definition) is 3. The number of halogens is 3. The van der Waals surface area contributed by atoms with E-state index in [1.165, 1.54) is 11.8 Å². The topological polar surface area (TPSA) is 125 Å². The number of cyclic esters (lactones) is 1. The Kier molecular flexibility index (Phi) is 8.58. The molecule has 0 fully saturated rings. The molecular formula is C22H25Cl3N2O8S. The second kappa shape index (κ2) is 11.3. The summed E-state index contributed by atoms with van der Waals surface area (Å²) in [5, 5.41) is 15.6. The molecule has 1 aromatic rings. The second-order valence-electron chi connectivity index (χ2n) is 8.24. The minimum atomic E-state index is -1.79. The first-order valence-corrected chi connectivity index (χ1v) is 13.2. The quantitative estimate of drug-likeness (QED) is 0.261. The third-order valence-corrected chi connectivity index (χ3v) is 7.44. The van der Waals surface area contributed by atoms with E-state index in [1.54, 1.807) is 6.08 Å². The van der Waals surface area contributed by atoms with Crippen molar-refractivity contribution in [3.8, 4) is 17.2 Å². The summed E-state index contributed by atoms with van der Waals surface area (Å²) in [6.45, 7) is 5.09. The van der Waals surface area contributed by atoms with Crippen molar-refractivity contribution < 1.29 is 38.4 Å². The van der Waals surface area contributed by atoms with E-state index < -0.39 is 45.8 Å². The van der Waals surface area contributed by atoms with Crippen LogP contribution in [0, 0.1) is 6.92 Å². The van der Waals surface area contributed by atoms with E-state index >= 15 is 0 Å². The number of nitrogens with one attached hydrogen (secondary N) is 2. The van der Waals surface area contributed by atoms with Gasteiger partial charge in [0.05, 0.1) is 18.6 Å². The zero-order valence-corrected chi connectivity index (χ0v) is 22.3. The van der Waals surface area contributed by atoms with Crippen LogP contribution in [0.5, 0.6) is 17.2 Å². The van der Waals surface area contributed by atoms with Gasteiger partial charge in [-0.15, -0.1) is 11.8 Å². The van der Waals surface area contributed by atoms with E-state index in [0.717, 1.165) is 16.7 Å². The molecule has 10 nitrogen and oxygen atoms in total. The van der Waals surface area contributed by atoms with Crippen LogP contribution in [0.3, 0.4) is 0 Å². The first kappa shape index (κ1) is 27.3. The molecule has 0 aromatic heterocycles. The molecule has 4 rings (SSSR count). The van der Waals surface area contributed by atoms with Crippen LogP contribution < -0.4 is 24.8 Å². The Labute approximate surface area is 226 Å². The number of amides is 1. The number of thioether (sulfide) groups is 1. The molecular weight excluding hydrogens is 559 g/mol. The molecule has 1 amide bonds. The van der Waals surface area contributed by atoms with Gasteiger partial charge in [-0.2, -0.15) is 0 Å². The largest absolute Gasteiger partial charge is 0.489 e. The van der Waals surface area contributed by atoms with E-state index in [9.17, 15) is 14.7 Å². The zero-order chi connectivity index (χ0) is 26.0. The average molecular weight is 584 g/mol. The van der Waals surface area contributed by atoms with Gasteiger partial charge >= 0.3 is 12.1 Å². The van der Waals surface area contributed by atoms with E-state index in [1.807, 2.05) is 6.92 Å². The van der Waals surface area contributed by atoms with Crippen molar-refractivity contribution in [1.29, 1.82) is 0 Å². The molecule has 0 saturated carbocycles. The summed E-state index contributed by atoms with van der Waals surface area (Å²) in [5.74, 6) is 0.678. The van der Waals surface area contributed by atoms with Crippen LogP contribution in [-0.2, 0) is 14.3 Å². The van der Waals surface area contributed by atoms with Crippen molar-refractivity contribution in [3.05, 3.63) is 29.3 Å². The number of carbonyl (C=O) groups excluding carboxylic acids is 2. The van der Waals surface area contributed by atoms with Crippen LogP contribution in [0.2, 0.25) is 0 Å². The van der Waals surface area contributed by atoms with Crippen molar-refractivity contribution in [2.24, 2.45) is 0 Å². The molecule has 36 heavy (non-hydrogen) atoms. The fourth-order valence-corrected chi connectivity index (χ4v) is 5.77. The summed E-state index contributed by atoms with van der Waals surface area (Å²) >= 11 is 18.2. The molecule has 0 radical (unpaired) electrons. The lowest BCUT2D eigenvalue weighted by Gasteiger charge is -2.41. The van der Waals surface area contributed by atoms with Gasteiger partial charge in [-0.1, -0.05) is 47.5 Å².